The fraction of sp³-hybridized carbons (Fsp3) is 0.526. The molecule has 3 aromatic rings. The van der Waals surface area contributed by atoms with Crippen LogP contribution in [-0.4, -0.2) is 40.4 Å². The maximum atomic E-state index is 13.4. The minimum absolute atomic E-state index is 0.128. The number of nitrogens with one attached hydrogen (secondary N) is 1. The van der Waals surface area contributed by atoms with Gasteiger partial charge in [0, 0.05) is 22.5 Å². The number of pyridine rings is 1. The lowest BCUT2D eigenvalue weighted by Crippen LogP contribution is -2.53. The Morgan fingerprint density at radius 2 is 1.89 bits per heavy atom. The molecule has 3 aliphatic rings. The fourth-order valence-electron chi connectivity index (χ4n) is 8.54. The average Bonchev–Trinajstić information content (AvgIpc) is 3.33. The highest BCUT2D eigenvalue weighted by Gasteiger charge is 2.54. The molecule has 8 heteroatoms. The molecule has 7 nitrogen and oxygen atoms in total. The third-order valence-electron chi connectivity index (χ3n) is 11.1. The first-order valence-corrected chi connectivity index (χ1v) is 17.2. The van der Waals surface area contributed by atoms with Crippen LogP contribution in [-0.2, 0) is 21.4 Å². The van der Waals surface area contributed by atoms with Crippen LogP contribution in [0.15, 0.2) is 54.7 Å². The van der Waals surface area contributed by atoms with Gasteiger partial charge in [-0.3, -0.25) is 4.98 Å². The first kappa shape index (κ1) is 32.8. The molecule has 0 saturated heterocycles. The van der Waals surface area contributed by atoms with E-state index >= 15 is 0 Å². The first-order valence-electron chi connectivity index (χ1n) is 16.8. The predicted molar refractivity (Wildman–Crippen MR) is 180 cm³/mol. The Bertz CT molecular complexity index is 1570. The van der Waals surface area contributed by atoms with Crippen LogP contribution in [0.2, 0.25) is 5.02 Å². The molecule has 0 amide bonds. The molecular weight excluding hydrogens is 600 g/mol. The molecule has 0 unspecified atom stereocenters. The molecule has 1 saturated carbocycles. The summed E-state index contributed by atoms with van der Waals surface area (Å²) >= 11 is 6.30. The molecule has 1 heterocycles. The van der Waals surface area contributed by atoms with Crippen molar-refractivity contribution in [1.29, 1.82) is 0 Å². The highest BCUT2D eigenvalue weighted by molar-refractivity contribution is 6.30. The lowest BCUT2D eigenvalue weighted by molar-refractivity contribution is -0.148. The second-order valence-electron chi connectivity index (χ2n) is 14.1. The number of carbonyl (C=O) groups excluding carboxylic acids is 1. The van der Waals surface area contributed by atoms with Crippen molar-refractivity contribution >= 4 is 23.3 Å². The van der Waals surface area contributed by atoms with E-state index in [1.165, 1.54) is 18.2 Å². The van der Waals surface area contributed by atoms with Gasteiger partial charge in [-0.2, -0.15) is 0 Å². The molecule has 2 aromatic carbocycles. The molecule has 3 aliphatic carbocycles. The molecule has 3 N–H and O–H groups in total. The molecule has 1 fully saturated rings. The highest BCUT2D eigenvalue weighted by Crippen LogP contribution is 2.56. The molecule has 0 radical (unpaired) electrons. The van der Waals surface area contributed by atoms with Crippen LogP contribution in [0.4, 0.5) is 5.69 Å². The van der Waals surface area contributed by atoms with E-state index in [1.807, 2.05) is 37.3 Å². The summed E-state index contributed by atoms with van der Waals surface area (Å²) in [5, 5.41) is 25.2. The Balaban J connectivity index is 1.25. The number of fused-ring (bicyclic) bond motifs is 3. The summed E-state index contributed by atoms with van der Waals surface area (Å²) in [6, 6.07) is 15.9. The van der Waals surface area contributed by atoms with E-state index in [-0.39, 0.29) is 17.3 Å². The van der Waals surface area contributed by atoms with E-state index in [1.54, 1.807) is 6.20 Å². The molecule has 246 valence electrons. The number of hydrogen-bond acceptors (Lipinski definition) is 7. The van der Waals surface area contributed by atoms with Gasteiger partial charge in [-0.05, 0) is 122 Å². The number of halogens is 1. The van der Waals surface area contributed by atoms with Gasteiger partial charge in [0.25, 0.3) is 0 Å². The van der Waals surface area contributed by atoms with Crippen molar-refractivity contribution in [3.8, 4) is 5.75 Å². The Hall–Kier alpha value is -3.13. The van der Waals surface area contributed by atoms with Gasteiger partial charge in [0.15, 0.2) is 0 Å². The van der Waals surface area contributed by atoms with Gasteiger partial charge in [-0.1, -0.05) is 49.7 Å². The van der Waals surface area contributed by atoms with Gasteiger partial charge in [-0.25, -0.2) is 4.79 Å². The zero-order valence-corrected chi connectivity index (χ0v) is 28.1. The third-order valence-corrected chi connectivity index (χ3v) is 11.3. The van der Waals surface area contributed by atoms with Crippen molar-refractivity contribution in [3.63, 3.8) is 0 Å². The summed E-state index contributed by atoms with van der Waals surface area (Å²) in [6.07, 6.45) is 7.11. The molecule has 46 heavy (non-hydrogen) atoms. The number of hydrogen-bond donors (Lipinski definition) is 3. The van der Waals surface area contributed by atoms with Gasteiger partial charge in [0.1, 0.15) is 11.3 Å². The van der Waals surface area contributed by atoms with Gasteiger partial charge >= 0.3 is 5.97 Å². The Labute approximate surface area is 277 Å². The maximum Gasteiger partial charge on any atom is 0.331 e. The van der Waals surface area contributed by atoms with Crippen molar-refractivity contribution in [2.45, 2.75) is 101 Å². The number of nitrogens with zero attached hydrogens (tertiary/aromatic N) is 1. The van der Waals surface area contributed by atoms with Crippen LogP contribution in [0.25, 0.3) is 0 Å². The number of benzene rings is 2. The minimum Gasteiger partial charge on any atom is -0.493 e. The van der Waals surface area contributed by atoms with E-state index in [2.05, 4.69) is 42.3 Å². The van der Waals surface area contributed by atoms with Crippen molar-refractivity contribution in [1.82, 2.24) is 4.98 Å². The third kappa shape index (κ3) is 6.14. The molecule has 1 aromatic heterocycles. The van der Waals surface area contributed by atoms with Crippen LogP contribution < -0.4 is 10.1 Å². The normalized spacial score (nSPS) is 28.2. The molecule has 5 atom stereocenters. The SMILES string of the molecule is COC(=O)C1(Nc2cccc(Cl)c2)CCC2(CC1)c1cc([C@@H](C)O)ccc1C[C@@H]2C[C@@H](C)COc1ccnc2c1[C@H](C)CC[C@H]2O. The van der Waals surface area contributed by atoms with Crippen LogP contribution >= 0.6 is 11.6 Å². The molecule has 6 rings (SSSR count). The van der Waals surface area contributed by atoms with Crippen LogP contribution in [0, 0.1) is 11.8 Å². The summed E-state index contributed by atoms with van der Waals surface area (Å²) in [4.78, 5) is 17.9. The number of ether oxygens (including phenoxy) is 2. The van der Waals surface area contributed by atoms with Crippen molar-refractivity contribution in [3.05, 3.63) is 87.7 Å². The second kappa shape index (κ2) is 13.2. The quantitative estimate of drug-likeness (QED) is 0.204. The lowest BCUT2D eigenvalue weighted by Gasteiger charge is -2.48. The number of anilines is 1. The zero-order chi connectivity index (χ0) is 32.6. The van der Waals surface area contributed by atoms with Gasteiger partial charge in [0.2, 0.25) is 0 Å². The van der Waals surface area contributed by atoms with Gasteiger partial charge < -0.3 is 25.0 Å². The van der Waals surface area contributed by atoms with E-state index < -0.39 is 17.7 Å². The number of aromatic nitrogens is 1. The smallest absolute Gasteiger partial charge is 0.331 e. The number of methoxy groups -OCH3 is 1. The Kier molecular flexibility index (Phi) is 9.39. The van der Waals surface area contributed by atoms with Gasteiger partial charge in [0.05, 0.1) is 31.6 Å². The number of aliphatic hydroxyl groups excluding tert-OH is 2. The first-order chi connectivity index (χ1) is 22.0. The number of carbonyl (C=O) groups is 1. The minimum atomic E-state index is -0.851. The number of aliphatic hydroxyl groups is 2. The summed E-state index contributed by atoms with van der Waals surface area (Å²) in [5.41, 5.74) is 5.20. The molecule has 1 spiro atoms. The second-order valence-corrected chi connectivity index (χ2v) is 14.5. The average molecular weight is 647 g/mol. The van der Waals surface area contributed by atoms with Crippen LogP contribution in [0.5, 0.6) is 5.75 Å². The fourth-order valence-corrected chi connectivity index (χ4v) is 8.73. The topological polar surface area (TPSA) is 101 Å². The van der Waals surface area contributed by atoms with Crippen molar-refractivity contribution in [2.24, 2.45) is 11.8 Å². The standard InChI is InChI=1S/C38H47ClN2O5/c1-23(22-46-33-12-17-40-35-32(43)11-8-24(2)34(33)35)18-28-19-27-10-9-26(25(3)42)20-31(27)37(28)13-15-38(16-14-37,36(44)45-4)41-30-7-5-6-29(39)21-30/h5-7,9-10,12,17,20-21,23-25,28,32,41-43H,8,11,13-16,18-19,22H2,1-4H3/t23-,24-,25-,28+,32-,37?,38?/m1/s1. The maximum absolute atomic E-state index is 13.4. The highest BCUT2D eigenvalue weighted by atomic mass is 35.5. The van der Waals surface area contributed by atoms with E-state index in [9.17, 15) is 15.0 Å². The van der Waals surface area contributed by atoms with Crippen LogP contribution in [0.1, 0.15) is 112 Å². The number of esters is 1. The van der Waals surface area contributed by atoms with E-state index in [0.29, 0.717) is 36.3 Å². The van der Waals surface area contributed by atoms with E-state index in [4.69, 9.17) is 21.1 Å². The van der Waals surface area contributed by atoms with Crippen LogP contribution in [0.3, 0.4) is 0 Å². The predicted octanol–water partition coefficient (Wildman–Crippen LogP) is 7.83. The number of rotatable bonds is 9. The molecular formula is C38H47ClN2O5. The lowest BCUT2D eigenvalue weighted by atomic mass is 9.59. The molecule has 0 aliphatic heterocycles. The summed E-state index contributed by atoms with van der Waals surface area (Å²) in [7, 11) is 1.46. The van der Waals surface area contributed by atoms with Gasteiger partial charge in [-0.15, -0.1) is 0 Å². The van der Waals surface area contributed by atoms with Crippen molar-refractivity contribution in [2.75, 3.05) is 19.0 Å². The monoisotopic (exact) mass is 646 g/mol. The Morgan fingerprint density at radius 1 is 1.11 bits per heavy atom. The zero-order valence-electron chi connectivity index (χ0n) is 27.4. The summed E-state index contributed by atoms with van der Waals surface area (Å²) in [6.45, 7) is 6.83. The van der Waals surface area contributed by atoms with E-state index in [0.717, 1.165) is 66.8 Å². The summed E-state index contributed by atoms with van der Waals surface area (Å²) in [5.74, 6) is 1.51. The van der Waals surface area contributed by atoms with Crippen molar-refractivity contribution < 1.29 is 24.5 Å². The molecule has 0 bridgehead atoms. The summed E-state index contributed by atoms with van der Waals surface area (Å²) < 4.78 is 11.9. The largest absolute Gasteiger partial charge is 0.493 e. The Morgan fingerprint density at radius 3 is 2.61 bits per heavy atom.